The molecule has 0 unspecified atom stereocenters. The highest BCUT2D eigenvalue weighted by Gasteiger charge is 2.56. The summed E-state index contributed by atoms with van der Waals surface area (Å²) in [5.41, 5.74) is 3.69. The number of ketones is 3. The van der Waals surface area contributed by atoms with Gasteiger partial charge >= 0.3 is 0 Å². The van der Waals surface area contributed by atoms with Crippen LogP contribution in [-0.2, 0) is 4.79 Å². The molecule has 0 aromatic heterocycles. The van der Waals surface area contributed by atoms with Crippen LogP contribution in [0.2, 0.25) is 0 Å². The van der Waals surface area contributed by atoms with Crippen molar-refractivity contribution in [2.75, 3.05) is 14.2 Å². The quantitative estimate of drug-likeness (QED) is 0.198. The minimum Gasteiger partial charge on any atom is -0.493 e. The van der Waals surface area contributed by atoms with E-state index in [-0.39, 0.29) is 35.6 Å². The van der Waals surface area contributed by atoms with E-state index in [1.54, 1.807) is 26.4 Å². The van der Waals surface area contributed by atoms with Gasteiger partial charge in [0.1, 0.15) is 5.78 Å². The number of fused-ring (bicyclic) bond motifs is 3. The first kappa shape index (κ1) is 25.8. The van der Waals surface area contributed by atoms with Crippen molar-refractivity contribution in [3.63, 3.8) is 0 Å². The minimum absolute atomic E-state index is 0.0216. The molecule has 6 rings (SSSR count). The van der Waals surface area contributed by atoms with Gasteiger partial charge in [0.05, 0.1) is 26.1 Å². The first-order valence-electron chi connectivity index (χ1n) is 13.6. The molecule has 0 radical (unpaired) electrons. The average molecular weight is 531 g/mol. The van der Waals surface area contributed by atoms with Crippen molar-refractivity contribution < 1.29 is 23.9 Å². The molecule has 2 aliphatic rings. The van der Waals surface area contributed by atoms with Crippen molar-refractivity contribution in [3.05, 3.63) is 131 Å². The molecule has 1 fully saturated rings. The van der Waals surface area contributed by atoms with Gasteiger partial charge in [-0.3, -0.25) is 14.4 Å². The van der Waals surface area contributed by atoms with Crippen LogP contribution in [0.5, 0.6) is 11.5 Å². The number of ether oxygens (including phenoxy) is 2. The van der Waals surface area contributed by atoms with E-state index < -0.39 is 17.8 Å². The van der Waals surface area contributed by atoms with Gasteiger partial charge in [-0.1, -0.05) is 91.0 Å². The number of Topliss-reactive ketones (excluding diaryl/α,β-unsaturated/α-hetero) is 3. The van der Waals surface area contributed by atoms with Gasteiger partial charge in [-0.05, 0) is 34.7 Å². The van der Waals surface area contributed by atoms with E-state index in [9.17, 15) is 14.4 Å². The van der Waals surface area contributed by atoms with Crippen LogP contribution in [0.3, 0.4) is 0 Å². The number of carbonyl (C=O) groups is 3. The third-order valence-corrected chi connectivity index (χ3v) is 8.57. The van der Waals surface area contributed by atoms with Crippen LogP contribution < -0.4 is 9.47 Å². The lowest BCUT2D eigenvalue weighted by Crippen LogP contribution is -2.36. The summed E-state index contributed by atoms with van der Waals surface area (Å²) >= 11 is 0. The van der Waals surface area contributed by atoms with Crippen LogP contribution >= 0.6 is 0 Å². The lowest BCUT2D eigenvalue weighted by atomic mass is 9.59. The van der Waals surface area contributed by atoms with E-state index in [2.05, 4.69) is 0 Å². The van der Waals surface area contributed by atoms with Gasteiger partial charge in [0, 0.05) is 29.4 Å². The van der Waals surface area contributed by atoms with E-state index in [0.29, 0.717) is 22.6 Å². The third kappa shape index (κ3) is 4.22. The molecule has 5 nitrogen and oxygen atoms in total. The van der Waals surface area contributed by atoms with Gasteiger partial charge in [-0.25, -0.2) is 0 Å². The monoisotopic (exact) mass is 530 g/mol. The van der Waals surface area contributed by atoms with Crippen LogP contribution in [0.25, 0.3) is 0 Å². The van der Waals surface area contributed by atoms with Crippen molar-refractivity contribution in [3.8, 4) is 11.5 Å². The first-order valence-corrected chi connectivity index (χ1v) is 13.6. The fourth-order valence-electron chi connectivity index (χ4n) is 6.90. The topological polar surface area (TPSA) is 69.7 Å². The lowest BCUT2D eigenvalue weighted by molar-refractivity contribution is -0.119. The van der Waals surface area contributed by atoms with Crippen LogP contribution in [-0.4, -0.2) is 31.6 Å². The zero-order valence-electron chi connectivity index (χ0n) is 22.5. The summed E-state index contributed by atoms with van der Waals surface area (Å²) < 4.78 is 11.4. The first-order chi connectivity index (χ1) is 19.5. The maximum atomic E-state index is 14.4. The number of benzene rings is 4. The molecule has 0 saturated heterocycles. The van der Waals surface area contributed by atoms with Gasteiger partial charge in [-0.15, -0.1) is 0 Å². The van der Waals surface area contributed by atoms with E-state index >= 15 is 0 Å². The number of methoxy groups -OCH3 is 2. The van der Waals surface area contributed by atoms with Crippen molar-refractivity contribution in [2.45, 2.75) is 24.2 Å². The molecule has 200 valence electrons. The molecule has 0 aliphatic heterocycles. The van der Waals surface area contributed by atoms with Crippen LogP contribution in [0.15, 0.2) is 103 Å². The largest absolute Gasteiger partial charge is 0.493 e. The Morgan fingerprint density at radius 1 is 0.625 bits per heavy atom. The summed E-state index contributed by atoms with van der Waals surface area (Å²) in [6, 6.07) is 31.9. The Kier molecular flexibility index (Phi) is 6.81. The summed E-state index contributed by atoms with van der Waals surface area (Å²) in [5.74, 6) is -1.63. The molecular weight excluding hydrogens is 500 g/mol. The van der Waals surface area contributed by atoms with Crippen LogP contribution in [0.4, 0.5) is 0 Å². The molecule has 0 bridgehead atoms. The molecule has 1 saturated carbocycles. The predicted molar refractivity (Wildman–Crippen MR) is 152 cm³/mol. The van der Waals surface area contributed by atoms with Gasteiger partial charge in [0.15, 0.2) is 23.1 Å². The Bertz CT molecular complexity index is 1560. The highest BCUT2D eigenvalue weighted by molar-refractivity contribution is 6.13. The SMILES string of the molecule is COc1cc2c(cc1OC)[C@H](C(=O)c1ccccc1)[C@@H](c1ccccc1)[C@@H]1CC(=O)[C@@H](C(=O)c3ccccc3)[C@H]21. The summed E-state index contributed by atoms with van der Waals surface area (Å²) in [7, 11) is 3.13. The standard InChI is InChI=1S/C35H30O5/c1-39-28-19-24-25(20-29(28)40-2)32(34(37)22-14-8-4-9-15-22)30(21-12-6-3-7-13-21)26-18-27(36)33(31(24)26)35(38)23-16-10-5-11-17-23/h3-17,19-20,26,30-33H,18H2,1-2H3/t26-,30-,31+,32-,33+/m0/s1. The molecule has 40 heavy (non-hydrogen) atoms. The second kappa shape index (κ2) is 10.6. The minimum atomic E-state index is -0.844. The van der Waals surface area contributed by atoms with Crippen molar-refractivity contribution in [2.24, 2.45) is 11.8 Å². The molecule has 0 heterocycles. The van der Waals surface area contributed by atoms with Crippen molar-refractivity contribution in [1.82, 2.24) is 0 Å². The number of hydrogen-bond donors (Lipinski definition) is 0. The maximum Gasteiger partial charge on any atom is 0.173 e. The molecule has 4 aromatic carbocycles. The molecular formula is C35H30O5. The zero-order chi connectivity index (χ0) is 27.8. The second-order valence-corrected chi connectivity index (χ2v) is 10.5. The molecule has 2 aliphatic carbocycles. The van der Waals surface area contributed by atoms with E-state index in [0.717, 1.165) is 16.7 Å². The Balaban J connectivity index is 1.61. The third-order valence-electron chi connectivity index (χ3n) is 8.57. The van der Waals surface area contributed by atoms with Crippen LogP contribution in [0.1, 0.15) is 61.6 Å². The van der Waals surface area contributed by atoms with Gasteiger partial charge in [0.25, 0.3) is 0 Å². The van der Waals surface area contributed by atoms with Gasteiger partial charge < -0.3 is 9.47 Å². The maximum absolute atomic E-state index is 14.4. The highest BCUT2D eigenvalue weighted by Crippen LogP contribution is 2.60. The summed E-state index contributed by atoms with van der Waals surface area (Å²) in [5, 5.41) is 0. The lowest BCUT2D eigenvalue weighted by Gasteiger charge is -2.42. The second-order valence-electron chi connectivity index (χ2n) is 10.5. The summed E-state index contributed by atoms with van der Waals surface area (Å²) in [6.07, 6.45) is 0.222. The summed E-state index contributed by atoms with van der Waals surface area (Å²) in [4.78, 5) is 42.1. The van der Waals surface area contributed by atoms with Crippen molar-refractivity contribution in [1.29, 1.82) is 0 Å². The van der Waals surface area contributed by atoms with Crippen molar-refractivity contribution >= 4 is 17.3 Å². The number of hydrogen-bond acceptors (Lipinski definition) is 5. The predicted octanol–water partition coefficient (Wildman–Crippen LogP) is 6.64. The normalized spacial score (nSPS) is 23.1. The van der Waals surface area contributed by atoms with E-state index in [1.807, 2.05) is 91.0 Å². The van der Waals surface area contributed by atoms with Gasteiger partial charge in [-0.2, -0.15) is 0 Å². The molecule has 5 atom stereocenters. The van der Waals surface area contributed by atoms with Crippen LogP contribution in [0, 0.1) is 11.8 Å². The molecule has 4 aromatic rings. The summed E-state index contributed by atoms with van der Waals surface area (Å²) in [6.45, 7) is 0. The Morgan fingerprint density at radius 2 is 1.10 bits per heavy atom. The highest BCUT2D eigenvalue weighted by atomic mass is 16.5. The Labute approximate surface area is 233 Å². The van der Waals surface area contributed by atoms with E-state index in [4.69, 9.17) is 9.47 Å². The molecule has 5 heteroatoms. The molecule has 0 N–H and O–H groups in total. The fourth-order valence-corrected chi connectivity index (χ4v) is 6.90. The number of rotatable bonds is 7. The van der Waals surface area contributed by atoms with E-state index in [1.165, 1.54) is 0 Å². The van der Waals surface area contributed by atoms with Gasteiger partial charge in [0.2, 0.25) is 0 Å². The smallest absolute Gasteiger partial charge is 0.173 e. The molecule has 0 amide bonds. The zero-order valence-corrected chi connectivity index (χ0v) is 22.5. The Morgan fingerprint density at radius 3 is 1.62 bits per heavy atom. The fraction of sp³-hybridized carbons (Fsp3) is 0.229. The average Bonchev–Trinajstić information content (AvgIpc) is 3.36. The Hall–Kier alpha value is -4.51. The number of carbonyl (C=O) groups excluding carboxylic acids is 3. The molecule has 0 spiro atoms.